The minimum Gasteiger partial charge on any atom is -0.347 e. The summed E-state index contributed by atoms with van der Waals surface area (Å²) in [5.74, 6) is -0.675. The molecular weight excluding hydrogens is 384 g/mol. The van der Waals surface area contributed by atoms with E-state index in [9.17, 15) is 9.59 Å². The Morgan fingerprint density at radius 2 is 1.90 bits per heavy atom. The standard InChI is InChI=1S/C22H24N4O2S/c1-13(2)21(27)25-19-18(17-7-5-6-10-23-17)26-29-20(19)22(28)24-12-16-9-8-14(3)15(4)11-16/h5-11,13H,12H2,1-4H3,(H,24,28)(H,25,27). The number of rotatable bonds is 6. The molecule has 29 heavy (non-hydrogen) atoms. The molecule has 0 unspecified atom stereocenters. The molecule has 3 aromatic rings. The van der Waals surface area contributed by atoms with Crippen molar-refractivity contribution in [1.82, 2.24) is 14.7 Å². The van der Waals surface area contributed by atoms with E-state index in [0.29, 0.717) is 28.5 Å². The SMILES string of the molecule is Cc1ccc(CNC(=O)c2snc(-c3ccccn3)c2NC(=O)C(C)C)cc1C. The molecule has 0 saturated heterocycles. The molecule has 0 bridgehead atoms. The number of aromatic nitrogens is 2. The molecule has 150 valence electrons. The monoisotopic (exact) mass is 408 g/mol. The molecule has 0 aliphatic rings. The van der Waals surface area contributed by atoms with Gasteiger partial charge in [0.15, 0.2) is 0 Å². The van der Waals surface area contributed by atoms with E-state index < -0.39 is 0 Å². The number of hydrogen-bond donors (Lipinski definition) is 2. The molecule has 7 heteroatoms. The van der Waals surface area contributed by atoms with Crippen LogP contribution in [0, 0.1) is 19.8 Å². The number of hydrogen-bond acceptors (Lipinski definition) is 5. The minimum atomic E-state index is -0.276. The number of benzene rings is 1. The van der Waals surface area contributed by atoms with Gasteiger partial charge in [0, 0.05) is 18.7 Å². The molecule has 2 heterocycles. The Morgan fingerprint density at radius 3 is 2.55 bits per heavy atom. The van der Waals surface area contributed by atoms with Crippen molar-refractivity contribution in [2.75, 3.05) is 5.32 Å². The lowest BCUT2D eigenvalue weighted by molar-refractivity contribution is -0.118. The van der Waals surface area contributed by atoms with Crippen LogP contribution in [-0.2, 0) is 11.3 Å². The predicted molar refractivity (Wildman–Crippen MR) is 116 cm³/mol. The van der Waals surface area contributed by atoms with Crippen LogP contribution in [0.2, 0.25) is 0 Å². The van der Waals surface area contributed by atoms with E-state index >= 15 is 0 Å². The molecule has 0 spiro atoms. The molecule has 0 fully saturated rings. The average Bonchev–Trinajstić information content (AvgIpc) is 3.12. The van der Waals surface area contributed by atoms with Gasteiger partial charge in [-0.25, -0.2) is 0 Å². The van der Waals surface area contributed by atoms with E-state index in [1.165, 1.54) is 11.1 Å². The third kappa shape index (κ3) is 4.86. The first kappa shape index (κ1) is 20.7. The van der Waals surface area contributed by atoms with E-state index in [-0.39, 0.29) is 17.7 Å². The zero-order valence-corrected chi connectivity index (χ0v) is 17.8. The van der Waals surface area contributed by atoms with Crippen molar-refractivity contribution in [3.8, 4) is 11.4 Å². The molecular formula is C22H24N4O2S. The normalized spacial score (nSPS) is 10.8. The highest BCUT2D eigenvalue weighted by molar-refractivity contribution is 7.09. The third-order valence-electron chi connectivity index (χ3n) is 4.60. The van der Waals surface area contributed by atoms with Gasteiger partial charge in [-0.2, -0.15) is 4.37 Å². The largest absolute Gasteiger partial charge is 0.347 e. The van der Waals surface area contributed by atoms with Crippen molar-refractivity contribution in [3.63, 3.8) is 0 Å². The molecule has 0 aliphatic carbocycles. The van der Waals surface area contributed by atoms with Crippen LogP contribution in [0.5, 0.6) is 0 Å². The third-order valence-corrected chi connectivity index (χ3v) is 5.45. The summed E-state index contributed by atoms with van der Waals surface area (Å²) in [7, 11) is 0. The van der Waals surface area contributed by atoms with Gasteiger partial charge in [-0.05, 0) is 54.2 Å². The molecule has 0 radical (unpaired) electrons. The lowest BCUT2D eigenvalue weighted by atomic mass is 10.1. The number of aryl methyl sites for hydroxylation is 2. The number of pyridine rings is 1. The number of carbonyl (C=O) groups excluding carboxylic acids is 2. The maximum Gasteiger partial charge on any atom is 0.265 e. The summed E-state index contributed by atoms with van der Waals surface area (Å²) >= 11 is 1.06. The first-order chi connectivity index (χ1) is 13.9. The van der Waals surface area contributed by atoms with Gasteiger partial charge >= 0.3 is 0 Å². The van der Waals surface area contributed by atoms with Crippen molar-refractivity contribution in [3.05, 3.63) is 64.2 Å². The second-order valence-corrected chi connectivity index (χ2v) is 7.97. The van der Waals surface area contributed by atoms with Gasteiger partial charge in [0.2, 0.25) is 5.91 Å². The molecule has 6 nitrogen and oxygen atoms in total. The summed E-state index contributed by atoms with van der Waals surface area (Å²) in [6.07, 6.45) is 1.65. The number of anilines is 1. The summed E-state index contributed by atoms with van der Waals surface area (Å²) in [6, 6.07) is 11.5. The highest BCUT2D eigenvalue weighted by atomic mass is 32.1. The fourth-order valence-corrected chi connectivity index (χ4v) is 3.44. The molecule has 2 aromatic heterocycles. The smallest absolute Gasteiger partial charge is 0.265 e. The van der Waals surface area contributed by atoms with E-state index in [4.69, 9.17) is 0 Å². The van der Waals surface area contributed by atoms with Gasteiger partial charge in [-0.15, -0.1) is 0 Å². The van der Waals surface area contributed by atoms with Crippen LogP contribution >= 0.6 is 11.5 Å². The summed E-state index contributed by atoms with van der Waals surface area (Å²) in [5, 5.41) is 5.79. The van der Waals surface area contributed by atoms with E-state index in [1.807, 2.05) is 25.1 Å². The lowest BCUT2D eigenvalue weighted by Crippen LogP contribution is -2.25. The van der Waals surface area contributed by atoms with E-state index in [0.717, 1.165) is 17.1 Å². The molecule has 3 rings (SSSR count). The quantitative estimate of drug-likeness (QED) is 0.635. The van der Waals surface area contributed by atoms with Crippen LogP contribution in [0.3, 0.4) is 0 Å². The minimum absolute atomic E-state index is 0.175. The highest BCUT2D eigenvalue weighted by Gasteiger charge is 2.24. The van der Waals surface area contributed by atoms with Crippen molar-refractivity contribution in [1.29, 1.82) is 0 Å². The molecule has 2 amide bonds. The first-order valence-corrected chi connectivity index (χ1v) is 10.2. The zero-order valence-electron chi connectivity index (χ0n) is 16.9. The van der Waals surface area contributed by atoms with E-state index in [1.54, 1.807) is 32.2 Å². The Kier molecular flexibility index (Phi) is 6.39. The van der Waals surface area contributed by atoms with Crippen molar-refractivity contribution in [2.45, 2.75) is 34.2 Å². The maximum absolute atomic E-state index is 12.9. The Hall–Kier alpha value is -3.06. The second-order valence-electron chi connectivity index (χ2n) is 7.20. The zero-order chi connectivity index (χ0) is 21.0. The first-order valence-electron chi connectivity index (χ1n) is 9.43. The Balaban J connectivity index is 1.87. The fourth-order valence-electron chi connectivity index (χ4n) is 2.68. The molecule has 0 atom stereocenters. The molecule has 0 aliphatic heterocycles. The lowest BCUT2D eigenvalue weighted by Gasteiger charge is -2.11. The summed E-state index contributed by atoms with van der Waals surface area (Å²) in [5.41, 5.74) is 4.92. The fraction of sp³-hybridized carbons (Fsp3) is 0.273. The van der Waals surface area contributed by atoms with Crippen molar-refractivity contribution >= 4 is 29.0 Å². The molecule has 0 saturated carbocycles. The highest BCUT2D eigenvalue weighted by Crippen LogP contribution is 2.32. The second kappa shape index (κ2) is 8.96. The van der Waals surface area contributed by atoms with Gasteiger partial charge < -0.3 is 10.6 Å². The number of nitrogens with zero attached hydrogens (tertiary/aromatic N) is 2. The van der Waals surface area contributed by atoms with Crippen LogP contribution in [-0.4, -0.2) is 21.2 Å². The van der Waals surface area contributed by atoms with Crippen LogP contribution in [0.4, 0.5) is 5.69 Å². The molecule has 1 aromatic carbocycles. The van der Waals surface area contributed by atoms with Gasteiger partial charge in [0.25, 0.3) is 5.91 Å². The summed E-state index contributed by atoms with van der Waals surface area (Å²) < 4.78 is 4.40. The number of amides is 2. The van der Waals surface area contributed by atoms with Gasteiger partial charge in [-0.3, -0.25) is 14.6 Å². The maximum atomic E-state index is 12.9. The predicted octanol–water partition coefficient (Wildman–Crippen LogP) is 4.35. The Morgan fingerprint density at radius 1 is 1.10 bits per heavy atom. The van der Waals surface area contributed by atoms with Crippen LogP contribution < -0.4 is 10.6 Å². The van der Waals surface area contributed by atoms with Crippen molar-refractivity contribution < 1.29 is 9.59 Å². The van der Waals surface area contributed by atoms with Gasteiger partial charge in [-0.1, -0.05) is 38.1 Å². The van der Waals surface area contributed by atoms with Crippen molar-refractivity contribution in [2.24, 2.45) is 5.92 Å². The summed E-state index contributed by atoms with van der Waals surface area (Å²) in [6.45, 7) is 8.10. The van der Waals surface area contributed by atoms with Crippen LogP contribution in [0.25, 0.3) is 11.4 Å². The Bertz CT molecular complexity index is 1030. The van der Waals surface area contributed by atoms with Crippen LogP contribution in [0.1, 0.15) is 40.2 Å². The number of nitrogens with one attached hydrogen (secondary N) is 2. The number of carbonyl (C=O) groups is 2. The average molecular weight is 409 g/mol. The van der Waals surface area contributed by atoms with Gasteiger partial charge in [0.1, 0.15) is 10.6 Å². The summed E-state index contributed by atoms with van der Waals surface area (Å²) in [4.78, 5) is 29.9. The Labute approximate surface area is 174 Å². The van der Waals surface area contributed by atoms with Crippen LogP contribution in [0.15, 0.2) is 42.6 Å². The van der Waals surface area contributed by atoms with Gasteiger partial charge in [0.05, 0.1) is 11.4 Å². The molecule has 2 N–H and O–H groups in total. The topological polar surface area (TPSA) is 84.0 Å². The van der Waals surface area contributed by atoms with E-state index in [2.05, 4.69) is 33.0 Å².